The highest BCUT2D eigenvalue weighted by Gasteiger charge is 2.00. The zero-order valence-corrected chi connectivity index (χ0v) is 10.8. The largest absolute Gasteiger partial charge is 0.423 e. The summed E-state index contributed by atoms with van der Waals surface area (Å²) in [5.74, 6) is 0. The Morgan fingerprint density at radius 1 is 1.12 bits per heavy atom. The monoisotopic (exact) mass is 233 g/mol. The van der Waals surface area contributed by atoms with Gasteiger partial charge >= 0.3 is 5.63 Å². The molecule has 0 radical (unpaired) electrons. The molecule has 2 rings (SSSR count). The van der Waals surface area contributed by atoms with Crippen LogP contribution in [0.15, 0.2) is 39.5 Å². The molecule has 0 unspecified atom stereocenters. The second-order valence-corrected chi connectivity index (χ2v) is 3.81. The lowest BCUT2D eigenvalue weighted by Crippen LogP contribution is -2.09. The molecule has 0 saturated carbocycles. The molecule has 0 bridgehead atoms. The average Bonchev–Trinajstić information content (AvgIpc) is 2.30. The third kappa shape index (κ3) is 3.63. The number of hydrogen-bond donors (Lipinski definition) is 1. The molecular weight excluding hydrogens is 214 g/mol. The van der Waals surface area contributed by atoms with E-state index in [0.717, 1.165) is 11.1 Å². The van der Waals surface area contributed by atoms with E-state index in [2.05, 4.69) is 19.2 Å². The molecule has 0 atom stereocenters. The van der Waals surface area contributed by atoms with Crippen LogP contribution in [0.2, 0.25) is 0 Å². The maximum Gasteiger partial charge on any atom is 0.336 e. The van der Waals surface area contributed by atoms with Crippen molar-refractivity contribution < 1.29 is 4.42 Å². The molecule has 0 spiro atoms. The number of hydrogen-bond acceptors (Lipinski definition) is 3. The zero-order chi connectivity index (χ0) is 12.8. The molecule has 0 fully saturated rings. The summed E-state index contributed by atoms with van der Waals surface area (Å²) in [4.78, 5) is 11.0. The van der Waals surface area contributed by atoms with Crippen LogP contribution < -0.4 is 10.9 Å². The van der Waals surface area contributed by atoms with Gasteiger partial charge in [-0.3, -0.25) is 0 Å². The summed E-state index contributed by atoms with van der Waals surface area (Å²) in [7, 11) is 0. The van der Waals surface area contributed by atoms with E-state index < -0.39 is 0 Å². The maximum absolute atomic E-state index is 11.0. The average molecular weight is 233 g/mol. The first-order valence-corrected chi connectivity index (χ1v) is 5.95. The molecule has 1 aromatic carbocycles. The Bertz CT molecular complexity index is 529. The highest BCUT2D eigenvalue weighted by atomic mass is 16.4. The van der Waals surface area contributed by atoms with E-state index in [-0.39, 0.29) is 5.63 Å². The highest BCUT2D eigenvalue weighted by Crippen LogP contribution is 2.17. The Morgan fingerprint density at radius 3 is 2.41 bits per heavy atom. The van der Waals surface area contributed by atoms with Crippen molar-refractivity contribution in [3.05, 3.63) is 40.8 Å². The van der Waals surface area contributed by atoms with Crippen molar-refractivity contribution >= 4 is 16.7 Å². The van der Waals surface area contributed by atoms with Crippen LogP contribution in [0.3, 0.4) is 0 Å². The van der Waals surface area contributed by atoms with Crippen LogP contribution in [0.25, 0.3) is 11.0 Å². The lowest BCUT2D eigenvalue weighted by atomic mass is 10.2. The van der Waals surface area contributed by atoms with Gasteiger partial charge in [0.15, 0.2) is 0 Å². The molecule has 0 amide bonds. The van der Waals surface area contributed by atoms with Crippen molar-refractivity contribution in [2.45, 2.75) is 33.7 Å². The van der Waals surface area contributed by atoms with Crippen molar-refractivity contribution in [1.29, 1.82) is 0 Å². The summed E-state index contributed by atoms with van der Waals surface area (Å²) < 4.78 is 5.09. The van der Waals surface area contributed by atoms with Crippen LogP contribution in [-0.4, -0.2) is 6.04 Å². The van der Waals surface area contributed by atoms with Gasteiger partial charge in [-0.1, -0.05) is 13.8 Å². The third-order valence-electron chi connectivity index (χ3n) is 2.08. The first-order valence-electron chi connectivity index (χ1n) is 5.95. The Morgan fingerprint density at radius 2 is 1.76 bits per heavy atom. The Labute approximate surface area is 101 Å². The summed E-state index contributed by atoms with van der Waals surface area (Å²) in [6, 6.07) is 9.30. The normalized spacial score (nSPS) is 9.94. The van der Waals surface area contributed by atoms with Crippen LogP contribution in [0.1, 0.15) is 27.7 Å². The Kier molecular flexibility index (Phi) is 4.76. The number of benzene rings is 1. The molecule has 92 valence electrons. The molecule has 0 saturated heterocycles. The molecule has 0 aliphatic heterocycles. The van der Waals surface area contributed by atoms with E-state index in [1.165, 1.54) is 6.07 Å². The second kappa shape index (κ2) is 6.09. The second-order valence-electron chi connectivity index (χ2n) is 3.81. The number of rotatable bonds is 2. The lowest BCUT2D eigenvalue weighted by molar-refractivity contribution is 0.561. The van der Waals surface area contributed by atoms with Crippen molar-refractivity contribution in [3.8, 4) is 0 Å². The molecule has 3 heteroatoms. The van der Waals surface area contributed by atoms with E-state index in [4.69, 9.17) is 4.42 Å². The quantitative estimate of drug-likeness (QED) is 0.805. The van der Waals surface area contributed by atoms with Crippen LogP contribution in [0, 0.1) is 0 Å². The van der Waals surface area contributed by atoms with Gasteiger partial charge in [-0.05, 0) is 32.0 Å². The zero-order valence-electron chi connectivity index (χ0n) is 10.8. The number of anilines is 1. The minimum Gasteiger partial charge on any atom is -0.423 e. The minimum atomic E-state index is -0.316. The molecular formula is C14H19NO2. The van der Waals surface area contributed by atoms with Crippen molar-refractivity contribution in [2.75, 3.05) is 5.32 Å². The van der Waals surface area contributed by atoms with Gasteiger partial charge in [0.05, 0.1) is 0 Å². The molecule has 1 aromatic heterocycles. The van der Waals surface area contributed by atoms with Gasteiger partial charge in [0.25, 0.3) is 0 Å². The van der Waals surface area contributed by atoms with Crippen molar-refractivity contribution in [2.24, 2.45) is 0 Å². The predicted molar refractivity (Wildman–Crippen MR) is 72.6 cm³/mol. The van der Waals surface area contributed by atoms with Gasteiger partial charge in [-0.2, -0.15) is 0 Å². The molecule has 2 aromatic rings. The first-order chi connectivity index (χ1) is 8.15. The molecule has 0 aliphatic carbocycles. The smallest absolute Gasteiger partial charge is 0.336 e. The van der Waals surface area contributed by atoms with Crippen LogP contribution in [0.4, 0.5) is 5.69 Å². The van der Waals surface area contributed by atoms with Crippen molar-refractivity contribution in [1.82, 2.24) is 0 Å². The fourth-order valence-corrected chi connectivity index (χ4v) is 1.48. The van der Waals surface area contributed by atoms with Gasteiger partial charge in [-0.15, -0.1) is 0 Å². The van der Waals surface area contributed by atoms with Gasteiger partial charge in [0, 0.05) is 29.2 Å². The van der Waals surface area contributed by atoms with E-state index >= 15 is 0 Å². The standard InChI is InChI=1S/C12H13NO2.C2H6/c1-8(2)13-10-5-3-9-4-6-12(14)15-11(9)7-10;1-2/h3-8,13H,1-2H3;1-2H3. The van der Waals surface area contributed by atoms with Crippen LogP contribution in [0.5, 0.6) is 0 Å². The maximum atomic E-state index is 11.0. The highest BCUT2D eigenvalue weighted by molar-refractivity contribution is 5.80. The van der Waals surface area contributed by atoms with Gasteiger partial charge in [-0.25, -0.2) is 4.79 Å². The van der Waals surface area contributed by atoms with Gasteiger partial charge in [0.2, 0.25) is 0 Å². The summed E-state index contributed by atoms with van der Waals surface area (Å²) in [6.07, 6.45) is 0. The van der Waals surface area contributed by atoms with Crippen LogP contribution in [-0.2, 0) is 0 Å². The van der Waals surface area contributed by atoms with Gasteiger partial charge < -0.3 is 9.73 Å². The molecule has 3 nitrogen and oxygen atoms in total. The number of nitrogens with one attached hydrogen (secondary N) is 1. The molecule has 1 N–H and O–H groups in total. The third-order valence-corrected chi connectivity index (χ3v) is 2.08. The molecule has 0 aliphatic rings. The molecule has 17 heavy (non-hydrogen) atoms. The Balaban J connectivity index is 0.000000686. The number of fused-ring (bicyclic) bond motifs is 1. The minimum absolute atomic E-state index is 0.316. The lowest BCUT2D eigenvalue weighted by Gasteiger charge is -2.09. The molecule has 1 heterocycles. The van der Waals surface area contributed by atoms with E-state index in [0.29, 0.717) is 11.6 Å². The fourth-order valence-electron chi connectivity index (χ4n) is 1.48. The van der Waals surface area contributed by atoms with Gasteiger partial charge in [0.1, 0.15) is 5.58 Å². The summed E-state index contributed by atoms with van der Waals surface area (Å²) in [5.41, 5.74) is 1.27. The van der Waals surface area contributed by atoms with E-state index in [1.807, 2.05) is 32.0 Å². The van der Waals surface area contributed by atoms with Crippen molar-refractivity contribution in [3.63, 3.8) is 0 Å². The predicted octanol–water partition coefficient (Wildman–Crippen LogP) is 3.64. The van der Waals surface area contributed by atoms with Crippen LogP contribution >= 0.6 is 0 Å². The van der Waals surface area contributed by atoms with E-state index in [9.17, 15) is 4.79 Å². The fraction of sp³-hybridized carbons (Fsp3) is 0.357. The SMILES string of the molecule is CC.CC(C)Nc1ccc2ccc(=O)oc2c1. The summed E-state index contributed by atoms with van der Waals surface area (Å²) >= 11 is 0. The Hall–Kier alpha value is -1.77. The summed E-state index contributed by atoms with van der Waals surface area (Å²) in [6.45, 7) is 8.12. The topological polar surface area (TPSA) is 42.2 Å². The first kappa shape index (κ1) is 13.3. The summed E-state index contributed by atoms with van der Waals surface area (Å²) in [5, 5.41) is 4.19. The van der Waals surface area contributed by atoms with E-state index in [1.54, 1.807) is 6.07 Å².